The highest BCUT2D eigenvalue weighted by Gasteiger charge is 2.09. The summed E-state index contributed by atoms with van der Waals surface area (Å²) < 4.78 is 5.25. The fourth-order valence-corrected chi connectivity index (χ4v) is 2.50. The van der Waals surface area contributed by atoms with Gasteiger partial charge in [-0.1, -0.05) is 23.4 Å². The van der Waals surface area contributed by atoms with E-state index in [-0.39, 0.29) is 0 Å². The van der Waals surface area contributed by atoms with Gasteiger partial charge in [-0.25, -0.2) is 0 Å². The van der Waals surface area contributed by atoms with Crippen LogP contribution in [0, 0.1) is 0 Å². The smallest absolute Gasteiger partial charge is 0.227 e. The molecule has 0 fully saturated rings. The fraction of sp³-hybridized carbons (Fsp3) is 0.143. The van der Waals surface area contributed by atoms with Crippen LogP contribution in [0.15, 0.2) is 45.6 Å². The molecule has 1 aromatic carbocycles. The van der Waals surface area contributed by atoms with E-state index in [2.05, 4.69) is 10.1 Å². The summed E-state index contributed by atoms with van der Waals surface area (Å²) in [6, 6.07) is 9.82. The Kier molecular flexibility index (Phi) is 3.29. The Hall–Kier alpha value is -2.14. The van der Waals surface area contributed by atoms with Crippen LogP contribution in [0.25, 0.3) is 11.4 Å². The van der Waals surface area contributed by atoms with Crippen molar-refractivity contribution >= 4 is 17.0 Å². The molecule has 3 rings (SSSR count). The van der Waals surface area contributed by atoms with Crippen molar-refractivity contribution in [1.82, 2.24) is 10.1 Å². The van der Waals surface area contributed by atoms with E-state index in [9.17, 15) is 0 Å². The molecule has 0 bridgehead atoms. The van der Waals surface area contributed by atoms with Crippen molar-refractivity contribution in [2.75, 3.05) is 5.73 Å². The number of nitrogen functional groups attached to an aromatic ring is 1. The number of aromatic nitrogens is 2. The highest BCUT2D eigenvalue weighted by Crippen LogP contribution is 2.19. The first-order valence-electron chi connectivity index (χ1n) is 6.01. The Balaban J connectivity index is 1.70. The van der Waals surface area contributed by atoms with Gasteiger partial charge in [0.25, 0.3) is 0 Å². The second-order valence-electron chi connectivity index (χ2n) is 4.22. The number of hydrogen-bond donors (Lipinski definition) is 1. The Morgan fingerprint density at radius 2 is 2.05 bits per heavy atom. The molecule has 0 amide bonds. The molecule has 0 unspecified atom stereocenters. The van der Waals surface area contributed by atoms with Crippen molar-refractivity contribution in [1.29, 1.82) is 0 Å². The van der Waals surface area contributed by atoms with Crippen LogP contribution in [0.5, 0.6) is 0 Å². The zero-order valence-corrected chi connectivity index (χ0v) is 11.1. The van der Waals surface area contributed by atoms with Gasteiger partial charge in [0.2, 0.25) is 11.7 Å². The minimum atomic E-state index is 0.643. The van der Waals surface area contributed by atoms with E-state index in [1.165, 1.54) is 0 Å². The van der Waals surface area contributed by atoms with E-state index in [1.807, 2.05) is 41.1 Å². The quantitative estimate of drug-likeness (QED) is 0.740. The van der Waals surface area contributed by atoms with E-state index >= 15 is 0 Å². The van der Waals surface area contributed by atoms with Gasteiger partial charge in [0.1, 0.15) is 0 Å². The van der Waals surface area contributed by atoms with Crippen molar-refractivity contribution < 1.29 is 4.52 Å². The maximum atomic E-state index is 5.90. The highest BCUT2D eigenvalue weighted by atomic mass is 32.1. The molecule has 0 spiro atoms. The average Bonchev–Trinajstić information content (AvgIpc) is 3.09. The van der Waals surface area contributed by atoms with Crippen molar-refractivity contribution in [3.63, 3.8) is 0 Å². The zero-order valence-electron chi connectivity index (χ0n) is 10.2. The molecule has 19 heavy (non-hydrogen) atoms. The Morgan fingerprint density at radius 1 is 1.16 bits per heavy atom. The van der Waals surface area contributed by atoms with E-state index in [4.69, 9.17) is 10.3 Å². The van der Waals surface area contributed by atoms with Gasteiger partial charge in [-0.3, -0.25) is 0 Å². The van der Waals surface area contributed by atoms with Gasteiger partial charge < -0.3 is 10.3 Å². The van der Waals surface area contributed by atoms with E-state index in [0.717, 1.165) is 23.2 Å². The second-order valence-corrected chi connectivity index (χ2v) is 5.00. The largest absolute Gasteiger partial charge is 0.399 e. The molecular formula is C14H13N3OS. The molecule has 2 heterocycles. The molecule has 5 heteroatoms. The van der Waals surface area contributed by atoms with E-state index < -0.39 is 0 Å². The number of benzene rings is 1. The normalized spacial score (nSPS) is 10.7. The van der Waals surface area contributed by atoms with Gasteiger partial charge in [0.15, 0.2) is 0 Å². The second kappa shape index (κ2) is 5.24. The van der Waals surface area contributed by atoms with Crippen LogP contribution in [0.2, 0.25) is 0 Å². The van der Waals surface area contributed by atoms with Gasteiger partial charge in [0.05, 0.1) is 0 Å². The molecule has 3 aromatic rings. The summed E-state index contributed by atoms with van der Waals surface area (Å²) >= 11 is 1.62. The molecule has 0 aliphatic carbocycles. The van der Waals surface area contributed by atoms with Gasteiger partial charge in [-0.05, 0) is 29.5 Å². The SMILES string of the molecule is Nc1ccccc1CCc1nc(-c2ccsc2)no1. The van der Waals surface area contributed by atoms with Crippen LogP contribution in [0.3, 0.4) is 0 Å². The zero-order chi connectivity index (χ0) is 13.1. The third-order valence-corrected chi connectivity index (χ3v) is 3.59. The monoisotopic (exact) mass is 271 g/mol. The van der Waals surface area contributed by atoms with Crippen LogP contribution >= 0.6 is 11.3 Å². The lowest BCUT2D eigenvalue weighted by molar-refractivity contribution is 0.379. The number of aryl methyl sites for hydroxylation is 2. The van der Waals surface area contributed by atoms with Gasteiger partial charge in [-0.2, -0.15) is 16.3 Å². The summed E-state index contributed by atoms with van der Waals surface area (Å²) in [6.45, 7) is 0. The van der Waals surface area contributed by atoms with Crippen LogP contribution in [-0.4, -0.2) is 10.1 Å². The molecule has 0 atom stereocenters. The molecule has 0 radical (unpaired) electrons. The maximum absolute atomic E-state index is 5.90. The molecule has 0 aliphatic heterocycles. The fourth-order valence-electron chi connectivity index (χ4n) is 1.87. The molecule has 0 saturated carbocycles. The van der Waals surface area contributed by atoms with Crippen LogP contribution < -0.4 is 5.73 Å². The summed E-state index contributed by atoms with van der Waals surface area (Å²) in [4.78, 5) is 4.39. The third kappa shape index (κ3) is 2.66. The van der Waals surface area contributed by atoms with E-state index in [0.29, 0.717) is 18.1 Å². The number of para-hydroxylation sites is 1. The predicted octanol–water partition coefficient (Wildman–Crippen LogP) is 3.17. The molecule has 4 nitrogen and oxygen atoms in total. The summed E-state index contributed by atoms with van der Waals surface area (Å²) in [5.74, 6) is 1.29. The van der Waals surface area contributed by atoms with E-state index in [1.54, 1.807) is 11.3 Å². The Morgan fingerprint density at radius 3 is 2.84 bits per heavy atom. The molecule has 0 aliphatic rings. The van der Waals surface area contributed by atoms with Crippen LogP contribution in [0.1, 0.15) is 11.5 Å². The Bertz CT molecular complexity index is 661. The molecule has 2 N–H and O–H groups in total. The van der Waals surface area contributed by atoms with Gasteiger partial charge in [0, 0.05) is 23.1 Å². The summed E-state index contributed by atoms with van der Waals surface area (Å²) in [5.41, 5.74) is 8.82. The number of rotatable bonds is 4. The average molecular weight is 271 g/mol. The third-order valence-electron chi connectivity index (χ3n) is 2.91. The number of hydrogen-bond acceptors (Lipinski definition) is 5. The molecule has 0 saturated heterocycles. The van der Waals surface area contributed by atoms with Crippen molar-refractivity contribution in [2.45, 2.75) is 12.8 Å². The topological polar surface area (TPSA) is 64.9 Å². The van der Waals surface area contributed by atoms with Gasteiger partial charge in [-0.15, -0.1) is 0 Å². The first-order valence-corrected chi connectivity index (χ1v) is 6.96. The first kappa shape index (κ1) is 11.9. The Labute approximate surface area is 114 Å². The van der Waals surface area contributed by atoms with Crippen LogP contribution in [0.4, 0.5) is 5.69 Å². The minimum Gasteiger partial charge on any atom is -0.399 e. The lowest BCUT2D eigenvalue weighted by Crippen LogP contribution is -1.96. The summed E-state index contributed by atoms with van der Waals surface area (Å²) in [6.07, 6.45) is 1.50. The highest BCUT2D eigenvalue weighted by molar-refractivity contribution is 7.08. The minimum absolute atomic E-state index is 0.643. The maximum Gasteiger partial charge on any atom is 0.227 e. The van der Waals surface area contributed by atoms with Crippen molar-refractivity contribution in [3.8, 4) is 11.4 Å². The summed E-state index contributed by atoms with van der Waals surface area (Å²) in [7, 11) is 0. The molecule has 2 aromatic heterocycles. The molecular weight excluding hydrogens is 258 g/mol. The van der Waals surface area contributed by atoms with Crippen LogP contribution in [-0.2, 0) is 12.8 Å². The first-order chi connectivity index (χ1) is 9.33. The lowest BCUT2D eigenvalue weighted by atomic mass is 10.1. The molecule has 96 valence electrons. The number of nitrogens with zero attached hydrogens (tertiary/aromatic N) is 2. The van der Waals surface area contributed by atoms with Crippen molar-refractivity contribution in [3.05, 3.63) is 52.5 Å². The van der Waals surface area contributed by atoms with Gasteiger partial charge >= 0.3 is 0 Å². The lowest BCUT2D eigenvalue weighted by Gasteiger charge is -2.02. The predicted molar refractivity (Wildman–Crippen MR) is 75.9 cm³/mol. The van der Waals surface area contributed by atoms with Crippen molar-refractivity contribution in [2.24, 2.45) is 0 Å². The number of anilines is 1. The number of thiophene rings is 1. The number of nitrogens with two attached hydrogens (primary N) is 1. The standard InChI is InChI=1S/C14H13N3OS/c15-12-4-2-1-3-10(12)5-6-13-16-14(17-18-13)11-7-8-19-9-11/h1-4,7-9H,5-6,15H2. The summed E-state index contributed by atoms with van der Waals surface area (Å²) in [5, 5.41) is 7.98.